The molecule has 3 nitrogen and oxygen atoms in total. The number of hydrogen-bond donors (Lipinski definition) is 1. The molecule has 1 amide bonds. The van der Waals surface area contributed by atoms with Gasteiger partial charge >= 0.3 is 0 Å². The monoisotopic (exact) mass is 232 g/mol. The Labute approximate surface area is 103 Å². The lowest BCUT2D eigenvalue weighted by Crippen LogP contribution is -2.35. The van der Waals surface area contributed by atoms with Crippen LogP contribution in [-0.2, 0) is 0 Å². The fourth-order valence-corrected chi connectivity index (χ4v) is 2.12. The van der Waals surface area contributed by atoms with E-state index in [4.69, 9.17) is 0 Å². The fraction of sp³-hybridized carbons (Fsp3) is 0.500. The number of hydrogen-bond acceptors (Lipinski definition) is 2. The topological polar surface area (TPSA) is 32.3 Å². The van der Waals surface area contributed by atoms with Crippen LogP contribution in [0.3, 0.4) is 0 Å². The van der Waals surface area contributed by atoms with E-state index in [1.54, 1.807) is 0 Å². The molecule has 1 aliphatic rings. The van der Waals surface area contributed by atoms with Crippen LogP contribution in [0.1, 0.15) is 42.2 Å². The van der Waals surface area contributed by atoms with Gasteiger partial charge in [-0.3, -0.25) is 4.79 Å². The van der Waals surface area contributed by atoms with E-state index in [9.17, 15) is 4.79 Å². The van der Waals surface area contributed by atoms with Gasteiger partial charge in [0.2, 0.25) is 0 Å². The Morgan fingerprint density at radius 1 is 1.29 bits per heavy atom. The summed E-state index contributed by atoms with van der Waals surface area (Å²) >= 11 is 0. The molecule has 0 unspecified atom stereocenters. The minimum Gasteiger partial charge on any atom is -0.339 e. The van der Waals surface area contributed by atoms with Crippen molar-refractivity contribution in [3.05, 3.63) is 35.4 Å². The lowest BCUT2D eigenvalue weighted by Gasteiger charge is -2.28. The number of nitrogens with zero attached hydrogens (tertiary/aromatic N) is 1. The van der Waals surface area contributed by atoms with Crippen LogP contribution in [0.4, 0.5) is 0 Å². The summed E-state index contributed by atoms with van der Waals surface area (Å²) in [7, 11) is 0. The quantitative estimate of drug-likeness (QED) is 0.863. The first-order chi connectivity index (χ1) is 8.26. The smallest absolute Gasteiger partial charge is 0.253 e. The second-order valence-electron chi connectivity index (χ2n) is 4.39. The van der Waals surface area contributed by atoms with Gasteiger partial charge in [-0.2, -0.15) is 0 Å². The molecule has 0 bridgehead atoms. The number of carbonyl (C=O) groups is 1. The molecule has 1 fully saturated rings. The Hall–Kier alpha value is -1.35. The number of carbonyl (C=O) groups excluding carboxylic acids is 1. The van der Waals surface area contributed by atoms with Crippen LogP contribution < -0.4 is 5.32 Å². The maximum atomic E-state index is 12.1. The summed E-state index contributed by atoms with van der Waals surface area (Å²) < 4.78 is 0. The van der Waals surface area contributed by atoms with Gasteiger partial charge < -0.3 is 10.2 Å². The Balaban J connectivity index is 2.08. The molecule has 1 aliphatic heterocycles. The highest BCUT2D eigenvalue weighted by Gasteiger charge is 2.19. The van der Waals surface area contributed by atoms with E-state index < -0.39 is 0 Å². The molecule has 3 heteroatoms. The van der Waals surface area contributed by atoms with E-state index in [-0.39, 0.29) is 5.91 Å². The third kappa shape index (κ3) is 2.50. The van der Waals surface area contributed by atoms with E-state index >= 15 is 0 Å². The number of amides is 1. The molecule has 1 N–H and O–H groups in total. The van der Waals surface area contributed by atoms with Crippen LogP contribution in [0.25, 0.3) is 0 Å². The molecular weight excluding hydrogens is 212 g/mol. The lowest BCUT2D eigenvalue weighted by atomic mass is 9.97. The predicted octanol–water partition coefficient (Wildman–Crippen LogP) is 2.20. The van der Waals surface area contributed by atoms with Crippen LogP contribution in [-0.4, -0.2) is 30.4 Å². The average Bonchev–Trinajstić information content (AvgIpc) is 2.29. The van der Waals surface area contributed by atoms with Crippen molar-refractivity contribution < 1.29 is 4.79 Å². The molecule has 1 saturated heterocycles. The molecule has 0 aromatic heterocycles. The van der Waals surface area contributed by atoms with Gasteiger partial charge in [0.25, 0.3) is 5.91 Å². The molecule has 0 radical (unpaired) electrons. The summed E-state index contributed by atoms with van der Waals surface area (Å²) in [6, 6.07) is 8.50. The Morgan fingerprint density at radius 2 is 1.88 bits per heavy atom. The summed E-state index contributed by atoms with van der Waals surface area (Å²) in [5.74, 6) is 0.128. The third-order valence-corrected chi connectivity index (χ3v) is 3.43. The summed E-state index contributed by atoms with van der Waals surface area (Å²) in [4.78, 5) is 13.9. The van der Waals surface area contributed by atoms with Gasteiger partial charge in [0.1, 0.15) is 0 Å². The van der Waals surface area contributed by atoms with Crippen molar-refractivity contribution in [2.24, 2.45) is 0 Å². The zero-order chi connectivity index (χ0) is 12.3. The van der Waals surface area contributed by atoms with Gasteiger partial charge in [0, 0.05) is 24.7 Å². The van der Waals surface area contributed by atoms with E-state index in [0.717, 1.165) is 25.2 Å². The van der Waals surface area contributed by atoms with Gasteiger partial charge in [-0.25, -0.2) is 0 Å². The number of rotatable bonds is 4. The molecule has 17 heavy (non-hydrogen) atoms. The normalized spacial score (nSPS) is 18.6. The van der Waals surface area contributed by atoms with Crippen molar-refractivity contribution in [1.82, 2.24) is 10.2 Å². The number of nitrogens with one attached hydrogen (secondary N) is 1. The van der Waals surface area contributed by atoms with Crippen molar-refractivity contribution in [3.63, 3.8) is 0 Å². The molecule has 2 rings (SSSR count). The molecule has 92 valence electrons. The summed E-state index contributed by atoms with van der Waals surface area (Å²) in [6.07, 6.45) is 1.20. The first-order valence-corrected chi connectivity index (χ1v) is 6.38. The standard InChI is InChI=1S/C14H20N2O/c1-3-16(4-2)14(17)12-7-5-11(6-8-12)13-9-10-15-13/h5-8,13,15H,3-4,9-10H2,1-2H3/t13-/m1/s1. The molecule has 1 atom stereocenters. The Bertz CT molecular complexity index is 378. The van der Waals surface area contributed by atoms with Crippen LogP contribution >= 0.6 is 0 Å². The summed E-state index contributed by atoms with van der Waals surface area (Å²) in [5.41, 5.74) is 2.07. The second kappa shape index (κ2) is 5.32. The highest BCUT2D eigenvalue weighted by molar-refractivity contribution is 5.94. The molecular formula is C14H20N2O. The minimum absolute atomic E-state index is 0.128. The summed E-state index contributed by atoms with van der Waals surface area (Å²) in [6.45, 7) is 6.65. The van der Waals surface area contributed by atoms with Crippen LogP contribution in [0.2, 0.25) is 0 Å². The lowest BCUT2D eigenvalue weighted by molar-refractivity contribution is 0.0773. The van der Waals surface area contributed by atoms with E-state index in [2.05, 4.69) is 17.4 Å². The van der Waals surface area contributed by atoms with E-state index in [0.29, 0.717) is 6.04 Å². The molecule has 1 heterocycles. The van der Waals surface area contributed by atoms with Crippen molar-refractivity contribution >= 4 is 5.91 Å². The van der Waals surface area contributed by atoms with Crippen LogP contribution in [0.5, 0.6) is 0 Å². The van der Waals surface area contributed by atoms with Crippen LogP contribution in [0.15, 0.2) is 24.3 Å². The largest absolute Gasteiger partial charge is 0.339 e. The van der Waals surface area contributed by atoms with Gasteiger partial charge in [0.15, 0.2) is 0 Å². The van der Waals surface area contributed by atoms with Crippen molar-refractivity contribution in [1.29, 1.82) is 0 Å². The van der Waals surface area contributed by atoms with Gasteiger partial charge in [-0.05, 0) is 44.5 Å². The van der Waals surface area contributed by atoms with Crippen molar-refractivity contribution in [2.45, 2.75) is 26.3 Å². The third-order valence-electron chi connectivity index (χ3n) is 3.43. The van der Waals surface area contributed by atoms with E-state index in [1.807, 2.05) is 30.9 Å². The zero-order valence-corrected chi connectivity index (χ0v) is 10.6. The zero-order valence-electron chi connectivity index (χ0n) is 10.6. The average molecular weight is 232 g/mol. The van der Waals surface area contributed by atoms with Crippen LogP contribution in [0, 0.1) is 0 Å². The Kier molecular flexibility index (Phi) is 3.79. The maximum Gasteiger partial charge on any atom is 0.253 e. The Morgan fingerprint density at radius 3 is 2.29 bits per heavy atom. The van der Waals surface area contributed by atoms with Gasteiger partial charge in [-0.15, -0.1) is 0 Å². The van der Waals surface area contributed by atoms with Crippen molar-refractivity contribution in [2.75, 3.05) is 19.6 Å². The first-order valence-electron chi connectivity index (χ1n) is 6.38. The molecule has 0 aliphatic carbocycles. The number of benzene rings is 1. The summed E-state index contributed by atoms with van der Waals surface area (Å²) in [5, 5.41) is 3.36. The molecule has 1 aromatic carbocycles. The maximum absolute atomic E-state index is 12.1. The first kappa shape index (κ1) is 12.1. The molecule has 1 aromatic rings. The predicted molar refractivity (Wildman–Crippen MR) is 69.1 cm³/mol. The SMILES string of the molecule is CCN(CC)C(=O)c1ccc([C@H]2CCN2)cc1. The minimum atomic E-state index is 0.128. The fourth-order valence-electron chi connectivity index (χ4n) is 2.12. The molecule has 0 spiro atoms. The molecule has 0 saturated carbocycles. The van der Waals surface area contributed by atoms with Crippen molar-refractivity contribution in [3.8, 4) is 0 Å². The highest BCUT2D eigenvalue weighted by atomic mass is 16.2. The van der Waals surface area contributed by atoms with Gasteiger partial charge in [-0.1, -0.05) is 12.1 Å². The van der Waals surface area contributed by atoms with Gasteiger partial charge in [0.05, 0.1) is 0 Å². The second-order valence-corrected chi connectivity index (χ2v) is 4.39. The van der Waals surface area contributed by atoms with E-state index in [1.165, 1.54) is 12.0 Å². The highest BCUT2D eigenvalue weighted by Crippen LogP contribution is 2.23.